The van der Waals surface area contributed by atoms with Crippen LogP contribution >= 0.6 is 0 Å². The van der Waals surface area contributed by atoms with Gasteiger partial charge in [-0.3, -0.25) is 9.78 Å². The summed E-state index contributed by atoms with van der Waals surface area (Å²) < 4.78 is 0. The Hall–Kier alpha value is -1.69. The Balaban J connectivity index is 2.10. The van der Waals surface area contributed by atoms with Gasteiger partial charge >= 0.3 is 0 Å². The zero-order valence-electron chi connectivity index (χ0n) is 8.45. The summed E-state index contributed by atoms with van der Waals surface area (Å²) in [6.07, 6.45) is 4.90. The van der Waals surface area contributed by atoms with Crippen molar-refractivity contribution in [3.63, 3.8) is 0 Å². The van der Waals surface area contributed by atoms with Crippen LogP contribution in [0.1, 0.15) is 30.3 Å². The molecule has 1 saturated carbocycles. The minimum absolute atomic E-state index is 0.0507. The van der Waals surface area contributed by atoms with E-state index < -0.39 is 0 Å². The Labute approximate surface area is 87.3 Å². The van der Waals surface area contributed by atoms with Crippen LogP contribution in [-0.2, 0) is 0 Å². The number of nitrogens with two attached hydrogens (primary N) is 1. The second kappa shape index (κ2) is 3.47. The molecule has 0 saturated heterocycles. The molecule has 1 fully saturated rings. The zero-order valence-corrected chi connectivity index (χ0v) is 8.45. The number of hydrazine groups is 1. The Kier molecular flexibility index (Phi) is 2.28. The van der Waals surface area contributed by atoms with Gasteiger partial charge in [-0.15, -0.1) is 0 Å². The number of nitrogens with zero attached hydrogens (tertiary/aromatic N) is 2. The predicted molar refractivity (Wildman–Crippen MR) is 54.9 cm³/mol. The molecule has 6 nitrogen and oxygen atoms in total. The average molecular weight is 207 g/mol. The molecule has 0 bridgehead atoms. The van der Waals surface area contributed by atoms with Gasteiger partial charge in [0.25, 0.3) is 5.91 Å². The van der Waals surface area contributed by atoms with Gasteiger partial charge in [-0.1, -0.05) is 0 Å². The highest BCUT2D eigenvalue weighted by Gasteiger charge is 2.39. The number of anilines is 1. The van der Waals surface area contributed by atoms with E-state index in [1.54, 1.807) is 0 Å². The van der Waals surface area contributed by atoms with Crippen molar-refractivity contribution in [2.24, 2.45) is 5.84 Å². The van der Waals surface area contributed by atoms with Gasteiger partial charge in [0.15, 0.2) is 5.82 Å². The maximum atomic E-state index is 11.7. The maximum absolute atomic E-state index is 11.7. The monoisotopic (exact) mass is 207 g/mol. The molecule has 1 aromatic rings. The molecule has 0 aromatic carbocycles. The number of aromatic nitrogens is 2. The molecule has 1 amide bonds. The first-order chi connectivity index (χ1) is 7.13. The maximum Gasteiger partial charge on any atom is 0.271 e. The summed E-state index contributed by atoms with van der Waals surface area (Å²) in [4.78, 5) is 19.5. The first-order valence-electron chi connectivity index (χ1n) is 4.74. The number of hydrogen-bond donors (Lipinski definition) is 3. The van der Waals surface area contributed by atoms with Crippen LogP contribution in [0, 0.1) is 0 Å². The molecule has 0 unspecified atom stereocenters. The minimum Gasteiger partial charge on any atom is -0.345 e. The highest BCUT2D eigenvalue weighted by Crippen LogP contribution is 2.34. The average Bonchev–Trinajstić information content (AvgIpc) is 2.96. The normalized spacial score (nSPS) is 16.9. The number of rotatable bonds is 3. The van der Waals surface area contributed by atoms with Crippen molar-refractivity contribution in [1.82, 2.24) is 15.3 Å². The summed E-state index contributed by atoms with van der Waals surface area (Å²) in [7, 11) is 0. The van der Waals surface area contributed by atoms with E-state index in [4.69, 9.17) is 5.84 Å². The summed E-state index contributed by atoms with van der Waals surface area (Å²) in [6.45, 7) is 2.00. The van der Waals surface area contributed by atoms with Crippen LogP contribution in [0.2, 0.25) is 0 Å². The highest BCUT2D eigenvalue weighted by atomic mass is 16.2. The molecule has 1 aliphatic rings. The fourth-order valence-electron chi connectivity index (χ4n) is 1.20. The molecule has 0 aliphatic heterocycles. The van der Waals surface area contributed by atoms with Crippen LogP contribution in [-0.4, -0.2) is 21.4 Å². The third kappa shape index (κ3) is 2.21. The fraction of sp³-hybridized carbons (Fsp3) is 0.444. The van der Waals surface area contributed by atoms with E-state index in [0.717, 1.165) is 12.8 Å². The molecule has 0 radical (unpaired) electrons. The van der Waals surface area contributed by atoms with Crippen molar-refractivity contribution in [3.8, 4) is 0 Å². The van der Waals surface area contributed by atoms with Gasteiger partial charge in [-0.25, -0.2) is 10.8 Å². The van der Waals surface area contributed by atoms with Crippen molar-refractivity contribution >= 4 is 11.7 Å². The lowest BCUT2D eigenvalue weighted by Crippen LogP contribution is -2.34. The topological polar surface area (TPSA) is 92.9 Å². The lowest BCUT2D eigenvalue weighted by Gasteiger charge is -2.10. The summed E-state index contributed by atoms with van der Waals surface area (Å²) in [6, 6.07) is 0. The van der Waals surface area contributed by atoms with E-state index in [1.165, 1.54) is 12.4 Å². The molecule has 2 rings (SSSR count). The fourth-order valence-corrected chi connectivity index (χ4v) is 1.20. The number of carbonyl (C=O) groups is 1. The minimum atomic E-state index is -0.209. The van der Waals surface area contributed by atoms with Crippen LogP contribution < -0.4 is 16.6 Å². The van der Waals surface area contributed by atoms with Gasteiger partial charge in [0.1, 0.15) is 5.69 Å². The van der Waals surface area contributed by atoms with Gasteiger partial charge in [-0.2, -0.15) is 0 Å². The molecular formula is C9H13N5O. The van der Waals surface area contributed by atoms with Crippen molar-refractivity contribution in [2.45, 2.75) is 25.3 Å². The quantitative estimate of drug-likeness (QED) is 0.481. The standard InChI is InChI=1S/C9H13N5O/c1-9(2-3-9)13-8(15)6-4-11-5-7(12-6)14-10/h4-5H,2-3,10H2,1H3,(H,12,14)(H,13,15). The summed E-state index contributed by atoms with van der Waals surface area (Å²) in [5.74, 6) is 5.34. The number of nitrogen functional groups attached to an aromatic ring is 1. The molecule has 1 aromatic heterocycles. The SMILES string of the molecule is CC1(NC(=O)c2cncc(NN)n2)CC1. The predicted octanol–water partition coefficient (Wildman–Crippen LogP) is 0.0445. The number of hydrogen-bond acceptors (Lipinski definition) is 5. The third-order valence-electron chi connectivity index (χ3n) is 2.43. The molecule has 1 aliphatic carbocycles. The third-order valence-corrected chi connectivity index (χ3v) is 2.43. The Morgan fingerprint density at radius 2 is 2.27 bits per heavy atom. The Bertz CT molecular complexity index is 388. The van der Waals surface area contributed by atoms with Gasteiger partial charge in [0.05, 0.1) is 12.4 Å². The van der Waals surface area contributed by atoms with Crippen LogP contribution in [0.4, 0.5) is 5.82 Å². The molecule has 6 heteroatoms. The van der Waals surface area contributed by atoms with Gasteiger partial charge in [0.2, 0.25) is 0 Å². The van der Waals surface area contributed by atoms with Crippen LogP contribution in [0.15, 0.2) is 12.4 Å². The molecule has 0 atom stereocenters. The Morgan fingerprint density at radius 1 is 1.53 bits per heavy atom. The molecule has 1 heterocycles. The molecule has 80 valence electrons. The number of carbonyl (C=O) groups excluding carboxylic acids is 1. The van der Waals surface area contributed by atoms with Crippen LogP contribution in [0.25, 0.3) is 0 Å². The summed E-state index contributed by atoms with van der Waals surface area (Å²) >= 11 is 0. The van der Waals surface area contributed by atoms with E-state index >= 15 is 0 Å². The second-order valence-electron chi connectivity index (χ2n) is 3.95. The van der Waals surface area contributed by atoms with E-state index in [-0.39, 0.29) is 17.1 Å². The van der Waals surface area contributed by atoms with Crippen LogP contribution in [0.3, 0.4) is 0 Å². The molecular weight excluding hydrogens is 194 g/mol. The first-order valence-corrected chi connectivity index (χ1v) is 4.74. The van der Waals surface area contributed by atoms with E-state index in [9.17, 15) is 4.79 Å². The van der Waals surface area contributed by atoms with Gasteiger partial charge < -0.3 is 10.7 Å². The van der Waals surface area contributed by atoms with Crippen LogP contribution in [0.5, 0.6) is 0 Å². The smallest absolute Gasteiger partial charge is 0.271 e. The lowest BCUT2D eigenvalue weighted by atomic mass is 10.3. The lowest BCUT2D eigenvalue weighted by molar-refractivity contribution is 0.0930. The second-order valence-corrected chi connectivity index (χ2v) is 3.95. The highest BCUT2D eigenvalue weighted by molar-refractivity contribution is 5.93. The molecule has 0 spiro atoms. The van der Waals surface area contributed by atoms with Crippen molar-refractivity contribution in [1.29, 1.82) is 0 Å². The number of nitrogens with one attached hydrogen (secondary N) is 2. The van der Waals surface area contributed by atoms with Gasteiger partial charge in [0, 0.05) is 5.54 Å². The van der Waals surface area contributed by atoms with E-state index in [2.05, 4.69) is 20.7 Å². The van der Waals surface area contributed by atoms with Gasteiger partial charge in [-0.05, 0) is 19.8 Å². The first kappa shape index (κ1) is 9.85. The summed E-state index contributed by atoms with van der Waals surface area (Å²) in [5, 5.41) is 2.89. The largest absolute Gasteiger partial charge is 0.345 e. The zero-order chi connectivity index (χ0) is 10.9. The van der Waals surface area contributed by atoms with Crippen molar-refractivity contribution < 1.29 is 4.79 Å². The number of amides is 1. The van der Waals surface area contributed by atoms with E-state index in [1.807, 2.05) is 6.92 Å². The molecule has 4 N–H and O–H groups in total. The molecule has 15 heavy (non-hydrogen) atoms. The summed E-state index contributed by atoms with van der Waals surface area (Å²) in [5.41, 5.74) is 2.57. The van der Waals surface area contributed by atoms with Crippen molar-refractivity contribution in [3.05, 3.63) is 18.1 Å². The van der Waals surface area contributed by atoms with E-state index in [0.29, 0.717) is 5.82 Å². The Morgan fingerprint density at radius 3 is 2.87 bits per heavy atom. The van der Waals surface area contributed by atoms with Crippen molar-refractivity contribution in [2.75, 3.05) is 5.43 Å².